The van der Waals surface area contributed by atoms with Gasteiger partial charge in [0.25, 0.3) is 0 Å². The van der Waals surface area contributed by atoms with Crippen molar-refractivity contribution in [2.75, 3.05) is 0 Å². The van der Waals surface area contributed by atoms with Gasteiger partial charge in [0, 0.05) is 32.7 Å². The Morgan fingerprint density at radius 1 is 0.526 bits per heavy atom. The van der Waals surface area contributed by atoms with Gasteiger partial charge in [-0.15, -0.1) is 0 Å². The molecule has 0 atom stereocenters. The molecule has 2 rings (SSSR count). The fraction of sp³-hybridized carbons (Fsp3) is 0.389. The first kappa shape index (κ1) is 36.4. The molecule has 2 aromatic rings. The average Bonchev–Trinajstić information content (AvgIpc) is 2.34. The molecule has 0 aromatic heterocycles. The Hall–Kier alpha value is -0.196. The molecular formula is C18H35Y-. The molecule has 0 aliphatic heterocycles. The summed E-state index contributed by atoms with van der Waals surface area (Å²) in [4.78, 5) is 0. The summed E-state index contributed by atoms with van der Waals surface area (Å²) in [5.41, 5.74) is 0. The third-order valence-electron chi connectivity index (χ3n) is 1.66. The van der Waals surface area contributed by atoms with Gasteiger partial charge in [0.05, 0.1) is 0 Å². The maximum absolute atomic E-state index is 2.12. The van der Waals surface area contributed by atoms with Crippen LogP contribution in [0.4, 0.5) is 0 Å². The summed E-state index contributed by atoms with van der Waals surface area (Å²) < 4.78 is 0. The summed E-state index contributed by atoms with van der Waals surface area (Å²) in [6, 6.07) is 16.7. The summed E-state index contributed by atoms with van der Waals surface area (Å²) in [6.07, 6.45) is 0. The van der Waals surface area contributed by atoms with Gasteiger partial charge in [-0.25, -0.2) is 0 Å². The van der Waals surface area contributed by atoms with E-state index >= 15 is 0 Å². The molecule has 0 unspecified atom stereocenters. The van der Waals surface area contributed by atoms with Crippen LogP contribution in [0.25, 0.3) is 10.8 Å². The third kappa shape index (κ3) is 14.0. The van der Waals surface area contributed by atoms with E-state index in [1.165, 1.54) is 10.8 Å². The molecule has 0 saturated carbocycles. The van der Waals surface area contributed by atoms with E-state index in [1.54, 1.807) is 0 Å². The van der Waals surface area contributed by atoms with Crippen molar-refractivity contribution in [3.8, 4) is 0 Å². The zero-order chi connectivity index (χ0) is 10.8. The second-order valence-corrected chi connectivity index (χ2v) is 2.35. The van der Waals surface area contributed by atoms with Crippen molar-refractivity contribution in [2.45, 2.75) is 50.0 Å². The molecule has 2 aromatic carbocycles. The smallest absolute Gasteiger partial charge is 0 e. The topological polar surface area (TPSA) is 0 Å². The number of hydrogen-bond donors (Lipinski definition) is 0. The summed E-state index contributed by atoms with van der Waals surface area (Å²) in [6.45, 7) is 8.00. The van der Waals surface area contributed by atoms with Gasteiger partial charge >= 0.3 is 0 Å². The second kappa shape index (κ2) is 26.4. The van der Waals surface area contributed by atoms with Crippen molar-refractivity contribution in [1.29, 1.82) is 0 Å². The summed E-state index contributed by atoms with van der Waals surface area (Å²) in [5, 5.41) is 2.62. The summed E-state index contributed by atoms with van der Waals surface area (Å²) >= 11 is 0. The molecule has 0 bridgehead atoms. The molecule has 111 valence electrons. The van der Waals surface area contributed by atoms with Crippen molar-refractivity contribution >= 4 is 10.8 Å². The minimum atomic E-state index is 0. The first-order valence-electron chi connectivity index (χ1n) is 5.40. The van der Waals surface area contributed by atoms with Crippen LogP contribution in [0.1, 0.15) is 50.0 Å². The predicted molar refractivity (Wildman–Crippen MR) is 93.3 cm³/mol. The van der Waals surface area contributed by atoms with E-state index in [2.05, 4.69) is 48.5 Å². The Kier molecular flexibility index (Phi) is 50.5. The number of hydrogen-bond acceptors (Lipinski definition) is 0. The largest absolute Gasteiger partial charge is 0.358 e. The maximum Gasteiger partial charge on any atom is 0 e. The Morgan fingerprint density at radius 2 is 0.684 bits per heavy atom. The van der Waals surface area contributed by atoms with Crippen molar-refractivity contribution in [3.05, 3.63) is 56.0 Å². The third-order valence-corrected chi connectivity index (χ3v) is 1.66. The molecule has 0 heterocycles. The fourth-order valence-corrected chi connectivity index (χ4v) is 1.13. The summed E-state index contributed by atoms with van der Waals surface area (Å²) in [5.74, 6) is 0. The molecular weight excluding hydrogens is 305 g/mol. The molecule has 0 aliphatic carbocycles. The minimum absolute atomic E-state index is 0. The molecule has 1 radical (unpaired) electrons. The van der Waals surface area contributed by atoms with E-state index in [1.807, 2.05) is 27.7 Å². The molecule has 0 spiro atoms. The van der Waals surface area contributed by atoms with Crippen LogP contribution in [-0.4, -0.2) is 0 Å². The zero-order valence-electron chi connectivity index (χ0n) is 11.2. The van der Waals surface area contributed by atoms with Crippen molar-refractivity contribution in [1.82, 2.24) is 0 Å². The van der Waals surface area contributed by atoms with E-state index in [4.69, 9.17) is 0 Å². The molecule has 0 fully saturated rings. The van der Waals surface area contributed by atoms with Crippen molar-refractivity contribution in [2.24, 2.45) is 0 Å². The van der Waals surface area contributed by atoms with E-state index in [-0.39, 0.29) is 62.4 Å². The molecule has 19 heavy (non-hydrogen) atoms. The SMILES string of the molecule is C.C.C.CC.CC.[CH3-].[Y].c1ccc2ccccc2c1. The van der Waals surface area contributed by atoms with Crippen LogP contribution in [0.3, 0.4) is 0 Å². The van der Waals surface area contributed by atoms with Gasteiger partial charge in [0.1, 0.15) is 0 Å². The van der Waals surface area contributed by atoms with Crippen LogP contribution in [-0.2, 0) is 32.7 Å². The normalized spacial score (nSPS) is 5.89. The molecule has 0 nitrogen and oxygen atoms in total. The monoisotopic (exact) mass is 340 g/mol. The first-order valence-corrected chi connectivity index (χ1v) is 5.40. The van der Waals surface area contributed by atoms with Gasteiger partial charge in [0.15, 0.2) is 0 Å². The fourth-order valence-electron chi connectivity index (χ4n) is 1.13. The number of benzene rings is 2. The maximum atomic E-state index is 2.12. The van der Waals surface area contributed by atoms with Crippen LogP contribution < -0.4 is 0 Å². The van der Waals surface area contributed by atoms with Gasteiger partial charge in [0.2, 0.25) is 0 Å². The zero-order valence-corrected chi connectivity index (χ0v) is 14.0. The van der Waals surface area contributed by atoms with Crippen LogP contribution in [0, 0.1) is 7.43 Å². The minimum Gasteiger partial charge on any atom is -0.358 e. The molecule has 0 N–H and O–H groups in total. The first-order chi connectivity index (χ1) is 6.97. The standard InChI is InChI=1S/C10H8.2C2H6.3CH4.CH3.Y/c1-2-6-10-8-4-3-7-9(10)5-1;2*1-2;;;;;/h1-8H;2*1-2H3;3*1H4;1H3;/q;;;;;;-1;. The second-order valence-electron chi connectivity index (χ2n) is 2.35. The van der Waals surface area contributed by atoms with Crippen molar-refractivity contribution in [3.63, 3.8) is 0 Å². The Bertz CT molecular complexity index is 277. The van der Waals surface area contributed by atoms with Crippen LogP contribution in [0.5, 0.6) is 0 Å². The van der Waals surface area contributed by atoms with E-state index < -0.39 is 0 Å². The Morgan fingerprint density at radius 3 is 0.842 bits per heavy atom. The van der Waals surface area contributed by atoms with Gasteiger partial charge in [-0.3, -0.25) is 0 Å². The van der Waals surface area contributed by atoms with Gasteiger partial charge in [-0.2, -0.15) is 0 Å². The quantitative estimate of drug-likeness (QED) is 0.443. The number of rotatable bonds is 0. The average molecular weight is 340 g/mol. The molecule has 0 saturated heterocycles. The molecule has 1 heteroatoms. The Balaban J connectivity index is -0.0000000435. The van der Waals surface area contributed by atoms with E-state index in [9.17, 15) is 0 Å². The van der Waals surface area contributed by atoms with Gasteiger partial charge < -0.3 is 7.43 Å². The molecule has 0 aliphatic rings. The summed E-state index contributed by atoms with van der Waals surface area (Å²) in [7, 11) is 0. The molecule has 0 amide bonds. The van der Waals surface area contributed by atoms with E-state index in [0.717, 1.165) is 0 Å². The van der Waals surface area contributed by atoms with E-state index in [0.29, 0.717) is 0 Å². The van der Waals surface area contributed by atoms with Gasteiger partial charge in [-0.1, -0.05) is 98.5 Å². The van der Waals surface area contributed by atoms with Crippen LogP contribution in [0.2, 0.25) is 0 Å². The predicted octanol–water partition coefficient (Wildman–Crippen LogP) is 7.25. The van der Waals surface area contributed by atoms with Gasteiger partial charge in [-0.05, 0) is 10.8 Å². The van der Waals surface area contributed by atoms with Crippen molar-refractivity contribution < 1.29 is 32.7 Å². The number of fused-ring (bicyclic) bond motifs is 1. The van der Waals surface area contributed by atoms with Crippen LogP contribution in [0.15, 0.2) is 48.5 Å². The Labute approximate surface area is 148 Å². The van der Waals surface area contributed by atoms with Crippen LogP contribution >= 0.6 is 0 Å².